The van der Waals surface area contributed by atoms with Crippen molar-refractivity contribution in [2.75, 3.05) is 7.05 Å². The Bertz CT molecular complexity index is 1090. The number of benzene rings is 1. The summed E-state index contributed by atoms with van der Waals surface area (Å²) in [4.78, 5) is 15.8. The zero-order valence-electron chi connectivity index (χ0n) is 15.0. The van der Waals surface area contributed by atoms with Crippen molar-refractivity contribution in [3.8, 4) is 0 Å². The van der Waals surface area contributed by atoms with Gasteiger partial charge in [0.05, 0.1) is 17.0 Å². The standard InChI is InChI=1S/C16H20N4O5S/c1-10(2)7-15-17-14(18-25-15)9-19(3)26(22,23)11-5-6-13-12(8-11)20(4)16(21)24-13/h5-6,8,10H,7,9H2,1-4H3. The van der Waals surface area contributed by atoms with Crippen molar-refractivity contribution in [1.82, 2.24) is 19.0 Å². The van der Waals surface area contributed by atoms with E-state index in [9.17, 15) is 13.2 Å². The Labute approximate surface area is 150 Å². The van der Waals surface area contributed by atoms with Gasteiger partial charge in [-0.3, -0.25) is 4.57 Å². The van der Waals surface area contributed by atoms with Gasteiger partial charge < -0.3 is 8.94 Å². The maximum Gasteiger partial charge on any atom is 0.419 e. The van der Waals surface area contributed by atoms with Gasteiger partial charge in [-0.1, -0.05) is 19.0 Å². The van der Waals surface area contributed by atoms with E-state index < -0.39 is 15.8 Å². The molecular weight excluding hydrogens is 360 g/mol. The van der Waals surface area contributed by atoms with Crippen LogP contribution in [0.5, 0.6) is 0 Å². The van der Waals surface area contributed by atoms with Crippen molar-refractivity contribution < 1.29 is 17.4 Å². The minimum Gasteiger partial charge on any atom is -0.408 e. The van der Waals surface area contributed by atoms with Gasteiger partial charge in [-0.05, 0) is 24.1 Å². The predicted octanol–water partition coefficient (Wildman–Crippen LogP) is 1.53. The van der Waals surface area contributed by atoms with Crippen molar-refractivity contribution in [2.24, 2.45) is 13.0 Å². The molecule has 0 aliphatic rings. The quantitative estimate of drug-likeness (QED) is 0.637. The summed E-state index contributed by atoms with van der Waals surface area (Å²) in [6.45, 7) is 4.03. The molecule has 0 aliphatic heterocycles. The van der Waals surface area contributed by atoms with Gasteiger partial charge in [0.1, 0.15) is 0 Å². The van der Waals surface area contributed by atoms with Crippen LogP contribution in [0.4, 0.5) is 0 Å². The first kappa shape index (κ1) is 18.3. The van der Waals surface area contributed by atoms with E-state index in [0.29, 0.717) is 35.2 Å². The van der Waals surface area contributed by atoms with E-state index in [4.69, 9.17) is 8.94 Å². The van der Waals surface area contributed by atoms with Gasteiger partial charge in [0.15, 0.2) is 11.4 Å². The predicted molar refractivity (Wildman–Crippen MR) is 92.9 cm³/mol. The van der Waals surface area contributed by atoms with Gasteiger partial charge in [0.25, 0.3) is 0 Å². The minimum atomic E-state index is -3.80. The van der Waals surface area contributed by atoms with Crippen molar-refractivity contribution >= 4 is 21.1 Å². The maximum atomic E-state index is 12.8. The fourth-order valence-corrected chi connectivity index (χ4v) is 3.66. The number of fused-ring (bicyclic) bond motifs is 1. The molecular formula is C16H20N4O5S. The highest BCUT2D eigenvalue weighted by Gasteiger charge is 2.24. The molecule has 3 rings (SSSR count). The highest BCUT2D eigenvalue weighted by Crippen LogP contribution is 2.21. The molecule has 0 N–H and O–H groups in total. The van der Waals surface area contributed by atoms with Crippen molar-refractivity contribution in [3.63, 3.8) is 0 Å². The molecule has 0 unspecified atom stereocenters. The average molecular weight is 380 g/mol. The Morgan fingerprint density at radius 3 is 2.73 bits per heavy atom. The number of aryl methyl sites for hydroxylation is 1. The fraction of sp³-hybridized carbons (Fsp3) is 0.438. The maximum absolute atomic E-state index is 12.8. The van der Waals surface area contributed by atoms with Crippen molar-refractivity contribution in [3.05, 3.63) is 40.5 Å². The second-order valence-electron chi connectivity index (χ2n) is 6.52. The summed E-state index contributed by atoms with van der Waals surface area (Å²) in [5, 5.41) is 3.83. The first-order valence-corrected chi connectivity index (χ1v) is 9.50. The summed E-state index contributed by atoms with van der Waals surface area (Å²) in [7, 11) is -0.841. The third-order valence-electron chi connectivity index (χ3n) is 3.93. The van der Waals surface area contributed by atoms with Crippen LogP contribution >= 0.6 is 0 Å². The van der Waals surface area contributed by atoms with Gasteiger partial charge in [-0.2, -0.15) is 9.29 Å². The monoisotopic (exact) mass is 380 g/mol. The molecule has 1 aromatic carbocycles. The van der Waals surface area contributed by atoms with E-state index in [-0.39, 0.29) is 11.4 Å². The van der Waals surface area contributed by atoms with Crippen LogP contribution in [0.25, 0.3) is 11.1 Å². The first-order valence-electron chi connectivity index (χ1n) is 8.06. The SMILES string of the molecule is CC(C)Cc1nc(CN(C)S(=O)(=O)c2ccc3oc(=O)n(C)c3c2)no1. The molecule has 0 saturated heterocycles. The molecule has 0 atom stereocenters. The summed E-state index contributed by atoms with van der Waals surface area (Å²) in [6, 6.07) is 4.27. The summed E-state index contributed by atoms with van der Waals surface area (Å²) in [5.74, 6) is 0.588. The molecule has 0 bridgehead atoms. The number of hydrogen-bond acceptors (Lipinski definition) is 7. The molecule has 140 valence electrons. The second kappa shape index (κ2) is 6.69. The van der Waals surface area contributed by atoms with E-state index in [1.807, 2.05) is 13.8 Å². The molecule has 2 aromatic heterocycles. The van der Waals surface area contributed by atoms with E-state index in [1.54, 1.807) is 0 Å². The Morgan fingerprint density at radius 1 is 1.31 bits per heavy atom. The number of rotatable bonds is 6. The number of sulfonamides is 1. The Kier molecular flexibility index (Phi) is 4.72. The zero-order valence-corrected chi connectivity index (χ0v) is 15.8. The normalized spacial score (nSPS) is 12.5. The van der Waals surface area contributed by atoms with Crippen molar-refractivity contribution in [2.45, 2.75) is 31.7 Å². The van der Waals surface area contributed by atoms with Crippen LogP contribution in [0.3, 0.4) is 0 Å². The van der Waals surface area contributed by atoms with Crippen LogP contribution in [0.1, 0.15) is 25.6 Å². The number of hydrogen-bond donors (Lipinski definition) is 0. The van der Waals surface area contributed by atoms with Crippen LogP contribution in [0, 0.1) is 5.92 Å². The van der Waals surface area contributed by atoms with E-state index in [0.717, 1.165) is 4.31 Å². The summed E-state index contributed by atoms with van der Waals surface area (Å²) < 4.78 is 38.2. The lowest BCUT2D eigenvalue weighted by Gasteiger charge is -2.15. The smallest absolute Gasteiger partial charge is 0.408 e. The highest BCUT2D eigenvalue weighted by molar-refractivity contribution is 7.89. The lowest BCUT2D eigenvalue weighted by Crippen LogP contribution is -2.27. The summed E-state index contributed by atoms with van der Waals surface area (Å²) >= 11 is 0. The van der Waals surface area contributed by atoms with E-state index in [1.165, 1.54) is 36.9 Å². The van der Waals surface area contributed by atoms with E-state index >= 15 is 0 Å². The molecule has 0 radical (unpaired) electrons. The minimum absolute atomic E-state index is 0.0215. The largest absolute Gasteiger partial charge is 0.419 e. The van der Waals surface area contributed by atoms with E-state index in [2.05, 4.69) is 10.1 Å². The number of aromatic nitrogens is 3. The molecule has 0 spiro atoms. The summed E-state index contributed by atoms with van der Waals surface area (Å²) in [5.41, 5.74) is 0.735. The van der Waals surface area contributed by atoms with Crippen LogP contribution in [0.15, 0.2) is 36.8 Å². The molecule has 3 aromatic rings. The third-order valence-corrected chi connectivity index (χ3v) is 5.73. The number of oxazole rings is 1. The van der Waals surface area contributed by atoms with Gasteiger partial charge in [0.2, 0.25) is 15.9 Å². The fourth-order valence-electron chi connectivity index (χ4n) is 2.52. The first-order chi connectivity index (χ1) is 12.2. The Hall–Kier alpha value is -2.46. The molecule has 9 nitrogen and oxygen atoms in total. The van der Waals surface area contributed by atoms with Crippen LogP contribution < -0.4 is 5.76 Å². The second-order valence-corrected chi connectivity index (χ2v) is 8.56. The van der Waals surface area contributed by atoms with Gasteiger partial charge in [-0.25, -0.2) is 13.2 Å². The average Bonchev–Trinajstić information content (AvgIpc) is 3.11. The lowest BCUT2D eigenvalue weighted by molar-refractivity contribution is 0.353. The van der Waals surface area contributed by atoms with Crippen LogP contribution in [0.2, 0.25) is 0 Å². The Morgan fingerprint density at radius 2 is 2.04 bits per heavy atom. The van der Waals surface area contributed by atoms with Gasteiger partial charge in [0, 0.05) is 20.5 Å². The molecule has 26 heavy (non-hydrogen) atoms. The van der Waals surface area contributed by atoms with Crippen LogP contribution in [-0.4, -0.2) is 34.5 Å². The molecule has 10 heteroatoms. The van der Waals surface area contributed by atoms with Crippen LogP contribution in [-0.2, 0) is 30.0 Å². The molecule has 0 aliphatic carbocycles. The highest BCUT2D eigenvalue weighted by atomic mass is 32.2. The topological polar surface area (TPSA) is 111 Å². The molecule has 2 heterocycles. The van der Waals surface area contributed by atoms with Gasteiger partial charge in [-0.15, -0.1) is 0 Å². The number of nitrogens with zero attached hydrogens (tertiary/aromatic N) is 4. The zero-order chi connectivity index (χ0) is 19.1. The Balaban J connectivity index is 1.86. The molecule has 0 amide bonds. The van der Waals surface area contributed by atoms with Crippen molar-refractivity contribution in [1.29, 1.82) is 0 Å². The summed E-state index contributed by atoms with van der Waals surface area (Å²) in [6.07, 6.45) is 0.634. The lowest BCUT2D eigenvalue weighted by atomic mass is 10.1. The van der Waals surface area contributed by atoms with Gasteiger partial charge >= 0.3 is 5.76 Å². The third kappa shape index (κ3) is 3.42. The molecule has 0 saturated carbocycles. The molecule has 0 fully saturated rings.